The van der Waals surface area contributed by atoms with Crippen molar-refractivity contribution in [3.8, 4) is 17.2 Å². The normalized spacial score (nSPS) is 13.9. The molecule has 0 unspecified atom stereocenters. The van der Waals surface area contributed by atoms with E-state index in [4.69, 9.17) is 18.9 Å². The molecule has 32 heavy (non-hydrogen) atoms. The topological polar surface area (TPSA) is 86.3 Å². The van der Waals surface area contributed by atoms with Crippen molar-refractivity contribution in [1.29, 1.82) is 0 Å². The van der Waals surface area contributed by atoms with Crippen molar-refractivity contribution in [2.75, 3.05) is 33.9 Å². The van der Waals surface area contributed by atoms with Gasteiger partial charge in [0.25, 0.3) is 5.91 Å². The molecule has 0 atom stereocenters. The first-order valence-corrected chi connectivity index (χ1v) is 10.7. The first-order valence-electron chi connectivity index (χ1n) is 10.7. The van der Waals surface area contributed by atoms with Gasteiger partial charge in [0.05, 0.1) is 20.8 Å². The van der Waals surface area contributed by atoms with Crippen LogP contribution in [0.3, 0.4) is 0 Å². The van der Waals surface area contributed by atoms with Crippen molar-refractivity contribution >= 4 is 12.0 Å². The van der Waals surface area contributed by atoms with Crippen LogP contribution in [-0.4, -0.2) is 56.9 Å². The average molecular weight is 443 g/mol. The number of hydrogen-bond acceptors (Lipinski definition) is 6. The van der Waals surface area contributed by atoms with Crippen molar-refractivity contribution in [2.45, 2.75) is 32.4 Å². The van der Waals surface area contributed by atoms with Crippen LogP contribution in [0.1, 0.15) is 35.7 Å². The molecule has 2 aromatic rings. The Bertz CT molecular complexity index is 885. The highest BCUT2D eigenvalue weighted by molar-refractivity contribution is 5.95. The van der Waals surface area contributed by atoms with Crippen LogP contribution in [-0.2, 0) is 11.3 Å². The third kappa shape index (κ3) is 5.84. The number of hydrogen-bond donors (Lipinski definition) is 1. The monoisotopic (exact) mass is 442 g/mol. The Labute approximate surface area is 188 Å². The van der Waals surface area contributed by atoms with E-state index in [-0.39, 0.29) is 18.0 Å². The van der Waals surface area contributed by atoms with Gasteiger partial charge in [0.1, 0.15) is 6.61 Å². The lowest BCUT2D eigenvalue weighted by Gasteiger charge is -2.31. The highest BCUT2D eigenvalue weighted by Gasteiger charge is 2.26. The first-order chi connectivity index (χ1) is 15.5. The van der Waals surface area contributed by atoms with Crippen molar-refractivity contribution < 1.29 is 28.5 Å². The molecule has 0 spiro atoms. The van der Waals surface area contributed by atoms with Gasteiger partial charge in [-0.25, -0.2) is 4.79 Å². The molecule has 0 bridgehead atoms. The van der Waals surface area contributed by atoms with E-state index in [1.54, 1.807) is 24.0 Å². The standard InChI is InChI=1S/C24H30N2O6/c1-4-31-24(28)26-12-10-19(11-13-26)25-23(27)18-14-20(29-2)22(21(15-18)30-3)32-16-17-8-6-5-7-9-17/h5-9,14-15,19H,4,10-13,16H2,1-3H3,(H,25,27). The van der Waals surface area contributed by atoms with E-state index in [0.717, 1.165) is 5.56 Å². The van der Waals surface area contributed by atoms with E-state index in [2.05, 4.69) is 5.32 Å². The molecule has 1 saturated heterocycles. The van der Waals surface area contributed by atoms with Gasteiger partial charge in [-0.1, -0.05) is 30.3 Å². The summed E-state index contributed by atoms with van der Waals surface area (Å²) in [6.45, 7) is 3.57. The van der Waals surface area contributed by atoms with E-state index in [9.17, 15) is 9.59 Å². The van der Waals surface area contributed by atoms with Crippen LogP contribution in [0.4, 0.5) is 4.79 Å². The van der Waals surface area contributed by atoms with Gasteiger partial charge >= 0.3 is 6.09 Å². The van der Waals surface area contributed by atoms with Crippen molar-refractivity contribution in [2.24, 2.45) is 0 Å². The molecule has 2 aromatic carbocycles. The van der Waals surface area contributed by atoms with E-state index in [1.165, 1.54) is 14.2 Å². The summed E-state index contributed by atoms with van der Waals surface area (Å²) in [4.78, 5) is 26.4. The fourth-order valence-corrected chi connectivity index (χ4v) is 3.57. The summed E-state index contributed by atoms with van der Waals surface area (Å²) in [5.74, 6) is 1.05. The molecule has 1 aliphatic heterocycles. The summed E-state index contributed by atoms with van der Waals surface area (Å²) in [5.41, 5.74) is 1.42. The quantitative estimate of drug-likeness (QED) is 0.672. The molecule has 1 fully saturated rings. The van der Waals surface area contributed by atoms with Crippen LogP contribution in [0, 0.1) is 0 Å². The molecule has 172 valence electrons. The number of carbonyl (C=O) groups excluding carboxylic acids is 2. The van der Waals surface area contributed by atoms with Crippen LogP contribution in [0.2, 0.25) is 0 Å². The Hall–Kier alpha value is -3.42. The number of ether oxygens (including phenoxy) is 4. The lowest BCUT2D eigenvalue weighted by atomic mass is 10.0. The molecule has 1 N–H and O–H groups in total. The summed E-state index contributed by atoms with van der Waals surface area (Å²) in [7, 11) is 3.05. The van der Waals surface area contributed by atoms with Crippen LogP contribution in [0.5, 0.6) is 17.2 Å². The predicted molar refractivity (Wildman–Crippen MR) is 119 cm³/mol. The number of carbonyl (C=O) groups is 2. The zero-order chi connectivity index (χ0) is 22.9. The summed E-state index contributed by atoms with van der Waals surface area (Å²) in [5, 5.41) is 3.04. The Kier molecular flexibility index (Phi) is 8.19. The Balaban J connectivity index is 1.66. The zero-order valence-corrected chi connectivity index (χ0v) is 18.8. The summed E-state index contributed by atoms with van der Waals surface area (Å²) < 4.78 is 21.9. The average Bonchev–Trinajstić information content (AvgIpc) is 2.83. The van der Waals surface area contributed by atoms with Crippen LogP contribution >= 0.6 is 0 Å². The molecule has 1 heterocycles. The van der Waals surface area contributed by atoms with Crippen molar-refractivity contribution in [1.82, 2.24) is 10.2 Å². The van der Waals surface area contributed by atoms with Crippen LogP contribution in [0.25, 0.3) is 0 Å². The molecule has 0 radical (unpaired) electrons. The van der Waals surface area contributed by atoms with E-state index < -0.39 is 0 Å². The fraction of sp³-hybridized carbons (Fsp3) is 0.417. The number of piperidine rings is 1. The largest absolute Gasteiger partial charge is 0.493 e. The van der Waals surface area contributed by atoms with Gasteiger partial charge < -0.3 is 29.2 Å². The number of likely N-dealkylation sites (tertiary alicyclic amines) is 1. The predicted octanol–water partition coefficient (Wildman–Crippen LogP) is 3.63. The smallest absolute Gasteiger partial charge is 0.409 e. The highest BCUT2D eigenvalue weighted by atomic mass is 16.6. The third-order valence-corrected chi connectivity index (χ3v) is 5.30. The Morgan fingerprint density at radius 2 is 1.66 bits per heavy atom. The van der Waals surface area contributed by atoms with E-state index in [0.29, 0.717) is 62.0 Å². The lowest BCUT2D eigenvalue weighted by Crippen LogP contribution is -2.46. The molecule has 8 nitrogen and oxygen atoms in total. The number of methoxy groups -OCH3 is 2. The molecular formula is C24H30N2O6. The Morgan fingerprint density at radius 1 is 1.03 bits per heavy atom. The third-order valence-electron chi connectivity index (χ3n) is 5.30. The van der Waals surface area contributed by atoms with Crippen LogP contribution < -0.4 is 19.5 Å². The maximum atomic E-state index is 12.9. The van der Waals surface area contributed by atoms with Crippen LogP contribution in [0.15, 0.2) is 42.5 Å². The second-order valence-corrected chi connectivity index (χ2v) is 7.42. The minimum absolute atomic E-state index is 0.0285. The minimum Gasteiger partial charge on any atom is -0.493 e. The summed E-state index contributed by atoms with van der Waals surface area (Å²) >= 11 is 0. The van der Waals surface area contributed by atoms with Gasteiger partial charge in [-0.05, 0) is 37.5 Å². The first kappa shape index (κ1) is 23.2. The Morgan fingerprint density at radius 3 is 2.22 bits per heavy atom. The molecule has 3 rings (SSSR count). The van der Waals surface area contributed by atoms with Gasteiger partial charge in [-0.15, -0.1) is 0 Å². The minimum atomic E-state index is -0.308. The molecule has 0 saturated carbocycles. The van der Waals surface area contributed by atoms with Gasteiger partial charge in [0.2, 0.25) is 5.75 Å². The highest BCUT2D eigenvalue weighted by Crippen LogP contribution is 2.39. The second-order valence-electron chi connectivity index (χ2n) is 7.42. The SMILES string of the molecule is CCOC(=O)N1CCC(NC(=O)c2cc(OC)c(OCc3ccccc3)c(OC)c2)CC1. The maximum absolute atomic E-state index is 12.9. The lowest BCUT2D eigenvalue weighted by molar-refractivity contribution is 0.0859. The molecule has 8 heteroatoms. The molecular weight excluding hydrogens is 412 g/mol. The number of nitrogens with zero attached hydrogens (tertiary/aromatic N) is 1. The van der Waals surface area contributed by atoms with E-state index in [1.807, 2.05) is 30.3 Å². The van der Waals surface area contributed by atoms with Gasteiger partial charge in [0.15, 0.2) is 11.5 Å². The zero-order valence-electron chi connectivity index (χ0n) is 18.8. The fourth-order valence-electron chi connectivity index (χ4n) is 3.57. The molecule has 1 aliphatic rings. The van der Waals surface area contributed by atoms with Gasteiger partial charge in [-0.3, -0.25) is 4.79 Å². The van der Waals surface area contributed by atoms with E-state index >= 15 is 0 Å². The van der Waals surface area contributed by atoms with Crippen molar-refractivity contribution in [3.05, 3.63) is 53.6 Å². The number of benzene rings is 2. The second kappa shape index (κ2) is 11.3. The molecule has 0 aliphatic carbocycles. The van der Waals surface area contributed by atoms with Gasteiger partial charge in [0, 0.05) is 24.7 Å². The number of amides is 2. The van der Waals surface area contributed by atoms with Crippen molar-refractivity contribution in [3.63, 3.8) is 0 Å². The number of nitrogens with one attached hydrogen (secondary N) is 1. The summed E-state index contributed by atoms with van der Waals surface area (Å²) in [6, 6.07) is 13.0. The molecule has 2 amide bonds. The number of rotatable bonds is 8. The maximum Gasteiger partial charge on any atom is 0.409 e. The van der Waals surface area contributed by atoms with Gasteiger partial charge in [-0.2, -0.15) is 0 Å². The molecule has 0 aromatic heterocycles. The summed E-state index contributed by atoms with van der Waals surface area (Å²) in [6.07, 6.45) is 1.02.